The van der Waals surface area contributed by atoms with E-state index in [9.17, 15) is 4.79 Å². The van der Waals surface area contributed by atoms with Crippen LogP contribution < -0.4 is 0 Å². The molecule has 0 spiro atoms. The van der Waals surface area contributed by atoms with Crippen molar-refractivity contribution in [2.45, 2.75) is 20.5 Å². The first-order valence-corrected chi connectivity index (χ1v) is 9.38. The van der Waals surface area contributed by atoms with Crippen molar-refractivity contribution in [1.29, 1.82) is 0 Å². The molecule has 0 aliphatic carbocycles. The predicted molar refractivity (Wildman–Crippen MR) is 104 cm³/mol. The van der Waals surface area contributed by atoms with Crippen molar-refractivity contribution in [2.75, 3.05) is 0 Å². The average molecular weight is 392 g/mol. The first-order valence-electron chi connectivity index (χ1n) is 8.56. The molecule has 1 aromatic carbocycles. The minimum absolute atomic E-state index is 0.103. The summed E-state index contributed by atoms with van der Waals surface area (Å²) in [4.78, 5) is 25.9. The fourth-order valence-corrected chi connectivity index (χ4v) is 3.56. The third-order valence-corrected chi connectivity index (χ3v) is 5.21. The first-order chi connectivity index (χ1) is 13.6. The monoisotopic (exact) mass is 392 g/mol. The number of aromatic nitrogens is 4. The number of benzene rings is 1. The zero-order chi connectivity index (χ0) is 19.5. The number of rotatable bonds is 5. The van der Waals surface area contributed by atoms with Gasteiger partial charge < -0.3 is 9.26 Å². The Morgan fingerprint density at radius 2 is 1.93 bits per heavy atom. The number of ether oxygens (including phenoxy) is 1. The molecule has 0 saturated carbocycles. The van der Waals surface area contributed by atoms with E-state index in [0.29, 0.717) is 21.4 Å². The van der Waals surface area contributed by atoms with Crippen LogP contribution in [0.3, 0.4) is 0 Å². The molecule has 28 heavy (non-hydrogen) atoms. The van der Waals surface area contributed by atoms with Crippen LogP contribution in [0.1, 0.15) is 26.8 Å². The maximum atomic E-state index is 12.5. The molecule has 0 bridgehead atoms. The summed E-state index contributed by atoms with van der Waals surface area (Å²) in [6, 6.07) is 13.3. The maximum absolute atomic E-state index is 12.5. The zero-order valence-electron chi connectivity index (χ0n) is 15.2. The van der Waals surface area contributed by atoms with Crippen LogP contribution >= 0.6 is 11.3 Å². The van der Waals surface area contributed by atoms with Crippen molar-refractivity contribution in [3.8, 4) is 22.1 Å². The van der Waals surface area contributed by atoms with E-state index < -0.39 is 5.97 Å². The Kier molecular flexibility index (Phi) is 4.94. The largest absolute Gasteiger partial charge is 0.451 e. The lowest BCUT2D eigenvalue weighted by molar-refractivity contribution is 0.0434. The van der Waals surface area contributed by atoms with Gasteiger partial charge in [-0.2, -0.15) is 4.98 Å². The van der Waals surface area contributed by atoms with E-state index in [0.717, 1.165) is 16.8 Å². The third kappa shape index (κ3) is 3.67. The van der Waals surface area contributed by atoms with Gasteiger partial charge in [0.1, 0.15) is 9.88 Å². The van der Waals surface area contributed by atoms with Gasteiger partial charge in [0.2, 0.25) is 5.82 Å². The number of nitrogens with zero attached hydrogens (tertiary/aromatic N) is 4. The second kappa shape index (κ2) is 7.69. The molecular weight excluding hydrogens is 376 g/mol. The molecule has 0 aliphatic heterocycles. The summed E-state index contributed by atoms with van der Waals surface area (Å²) in [7, 11) is 0. The summed E-state index contributed by atoms with van der Waals surface area (Å²) in [5.74, 6) is 0.224. The highest BCUT2D eigenvalue weighted by atomic mass is 32.1. The quantitative estimate of drug-likeness (QED) is 0.469. The SMILES string of the molecule is Cc1ccccc1-c1noc(COC(=O)c2sc(-c3ccccn3)nc2C)n1. The number of carbonyl (C=O) groups is 1. The number of hydrogen-bond acceptors (Lipinski definition) is 8. The number of thiazole rings is 1. The van der Waals surface area contributed by atoms with Gasteiger partial charge in [-0.15, -0.1) is 11.3 Å². The molecule has 4 aromatic rings. The van der Waals surface area contributed by atoms with E-state index in [2.05, 4.69) is 20.1 Å². The molecule has 4 rings (SSSR count). The summed E-state index contributed by atoms with van der Waals surface area (Å²) >= 11 is 1.25. The Balaban J connectivity index is 1.46. The Morgan fingerprint density at radius 3 is 2.71 bits per heavy atom. The Morgan fingerprint density at radius 1 is 1.11 bits per heavy atom. The smallest absolute Gasteiger partial charge is 0.350 e. The van der Waals surface area contributed by atoms with Gasteiger partial charge in [-0.3, -0.25) is 4.98 Å². The van der Waals surface area contributed by atoms with Crippen molar-refractivity contribution in [3.05, 3.63) is 70.7 Å². The summed E-state index contributed by atoms with van der Waals surface area (Å²) in [6.07, 6.45) is 1.69. The maximum Gasteiger partial charge on any atom is 0.350 e. The second-order valence-electron chi connectivity index (χ2n) is 6.05. The van der Waals surface area contributed by atoms with E-state index in [1.807, 2.05) is 49.4 Å². The van der Waals surface area contributed by atoms with Crippen LogP contribution in [-0.4, -0.2) is 26.1 Å². The third-order valence-electron chi connectivity index (χ3n) is 4.05. The van der Waals surface area contributed by atoms with Crippen molar-refractivity contribution in [2.24, 2.45) is 0 Å². The molecule has 3 heterocycles. The normalized spacial score (nSPS) is 10.8. The molecule has 0 amide bonds. The molecule has 140 valence electrons. The van der Waals surface area contributed by atoms with Crippen LogP contribution in [-0.2, 0) is 11.3 Å². The molecular formula is C20H16N4O3S. The van der Waals surface area contributed by atoms with Gasteiger partial charge >= 0.3 is 5.97 Å². The van der Waals surface area contributed by atoms with Gasteiger partial charge in [0.25, 0.3) is 5.89 Å². The molecule has 0 unspecified atom stereocenters. The van der Waals surface area contributed by atoms with Crippen LogP contribution in [0.2, 0.25) is 0 Å². The molecule has 0 fully saturated rings. The van der Waals surface area contributed by atoms with Gasteiger partial charge in [0.05, 0.1) is 11.4 Å². The van der Waals surface area contributed by atoms with E-state index in [4.69, 9.17) is 9.26 Å². The Bertz CT molecular complexity index is 1120. The number of aryl methyl sites for hydroxylation is 2. The second-order valence-corrected chi connectivity index (χ2v) is 7.05. The molecule has 0 aliphatic rings. The molecule has 3 aromatic heterocycles. The molecule has 0 atom stereocenters. The Hall–Kier alpha value is -3.39. The molecule has 0 saturated heterocycles. The average Bonchev–Trinajstić information content (AvgIpc) is 3.34. The van der Waals surface area contributed by atoms with E-state index in [-0.39, 0.29) is 12.5 Å². The van der Waals surface area contributed by atoms with Crippen LogP contribution in [0, 0.1) is 13.8 Å². The van der Waals surface area contributed by atoms with Crippen molar-refractivity contribution >= 4 is 17.3 Å². The van der Waals surface area contributed by atoms with E-state index in [1.165, 1.54) is 11.3 Å². The van der Waals surface area contributed by atoms with Crippen LogP contribution in [0.25, 0.3) is 22.1 Å². The Labute approximate surface area is 165 Å². The molecule has 0 N–H and O–H groups in total. The summed E-state index contributed by atoms with van der Waals surface area (Å²) < 4.78 is 10.5. The number of carbonyl (C=O) groups excluding carboxylic acids is 1. The lowest BCUT2D eigenvalue weighted by Gasteiger charge is -2.00. The van der Waals surface area contributed by atoms with Crippen molar-refractivity contribution < 1.29 is 14.1 Å². The summed E-state index contributed by atoms with van der Waals surface area (Å²) in [6.45, 7) is 3.63. The highest BCUT2D eigenvalue weighted by Gasteiger charge is 2.19. The summed E-state index contributed by atoms with van der Waals surface area (Å²) in [5, 5.41) is 4.63. The lowest BCUT2D eigenvalue weighted by Crippen LogP contribution is -2.05. The predicted octanol–water partition coefficient (Wildman–Crippen LogP) is 4.23. The molecule has 8 heteroatoms. The zero-order valence-corrected chi connectivity index (χ0v) is 16.1. The van der Waals surface area contributed by atoms with E-state index in [1.54, 1.807) is 13.1 Å². The fourth-order valence-electron chi connectivity index (χ4n) is 2.62. The van der Waals surface area contributed by atoms with Gasteiger partial charge in [-0.25, -0.2) is 9.78 Å². The lowest BCUT2D eigenvalue weighted by atomic mass is 10.1. The van der Waals surface area contributed by atoms with E-state index >= 15 is 0 Å². The van der Waals surface area contributed by atoms with Crippen LogP contribution in [0.4, 0.5) is 0 Å². The molecule has 0 radical (unpaired) electrons. The highest BCUT2D eigenvalue weighted by molar-refractivity contribution is 7.17. The topological polar surface area (TPSA) is 91.0 Å². The van der Waals surface area contributed by atoms with Gasteiger partial charge in [0.15, 0.2) is 6.61 Å². The highest BCUT2D eigenvalue weighted by Crippen LogP contribution is 2.27. The number of esters is 1. The standard InChI is InChI=1S/C20H16N4O3S/c1-12-7-3-4-8-14(12)18-23-16(27-24-18)11-26-20(25)17-13(2)22-19(28-17)15-9-5-6-10-21-15/h3-10H,11H2,1-2H3. The van der Waals surface area contributed by atoms with Crippen LogP contribution in [0.5, 0.6) is 0 Å². The number of pyridine rings is 1. The minimum atomic E-state index is -0.479. The minimum Gasteiger partial charge on any atom is -0.451 e. The van der Waals surface area contributed by atoms with Gasteiger partial charge in [-0.05, 0) is 31.5 Å². The van der Waals surface area contributed by atoms with Gasteiger partial charge in [0, 0.05) is 11.8 Å². The summed E-state index contributed by atoms with van der Waals surface area (Å²) in [5.41, 5.74) is 3.23. The number of hydrogen-bond donors (Lipinski definition) is 0. The molecule has 7 nitrogen and oxygen atoms in total. The fraction of sp³-hybridized carbons (Fsp3) is 0.150. The first kappa shape index (κ1) is 18.0. The van der Waals surface area contributed by atoms with Gasteiger partial charge in [-0.1, -0.05) is 35.5 Å². The van der Waals surface area contributed by atoms with Crippen molar-refractivity contribution in [3.63, 3.8) is 0 Å². The van der Waals surface area contributed by atoms with Crippen LogP contribution in [0.15, 0.2) is 53.2 Å². The van der Waals surface area contributed by atoms with Crippen molar-refractivity contribution in [1.82, 2.24) is 20.1 Å².